The Labute approximate surface area is 78.1 Å². The summed E-state index contributed by atoms with van der Waals surface area (Å²) in [4.78, 5) is 0. The molecule has 0 bridgehead atoms. The van der Waals surface area contributed by atoms with Crippen LogP contribution in [-0.4, -0.2) is 0 Å². The molecule has 0 saturated heterocycles. The van der Waals surface area contributed by atoms with Gasteiger partial charge in [0, 0.05) is 0 Å². The van der Waals surface area contributed by atoms with E-state index in [0.717, 1.165) is 12.8 Å². The molecular formula is C12H22+2. The highest BCUT2D eigenvalue weighted by Crippen LogP contribution is 2.13. The van der Waals surface area contributed by atoms with E-state index in [4.69, 9.17) is 0 Å². The molecule has 0 amide bonds. The normalized spacial score (nSPS) is 10.0. The molecule has 0 aromatic rings. The number of hydrogen-bond donors (Lipinski definition) is 0. The number of hydrogen-bond acceptors (Lipinski definition) is 0. The molecule has 0 heteroatoms. The third kappa shape index (κ3) is 7.59. The summed E-state index contributed by atoms with van der Waals surface area (Å²) in [6.07, 6.45) is 9.58. The minimum atomic E-state index is 1.04. The van der Waals surface area contributed by atoms with Crippen LogP contribution in [-0.2, 0) is 0 Å². The zero-order chi connectivity index (χ0) is 9.23. The lowest BCUT2D eigenvalue weighted by Crippen LogP contribution is -1.83. The Balaban J connectivity index is 3.08. The molecule has 0 radical (unpaired) electrons. The van der Waals surface area contributed by atoms with Gasteiger partial charge in [0.05, 0.1) is 26.7 Å². The van der Waals surface area contributed by atoms with E-state index >= 15 is 0 Å². The van der Waals surface area contributed by atoms with Gasteiger partial charge in [-0.15, -0.1) is 0 Å². The first-order valence-corrected chi connectivity index (χ1v) is 5.06. The van der Waals surface area contributed by atoms with Crippen molar-refractivity contribution in [3.05, 3.63) is 26.0 Å². The Kier molecular flexibility index (Phi) is 8.20. The van der Waals surface area contributed by atoms with Crippen molar-refractivity contribution in [1.82, 2.24) is 0 Å². The maximum atomic E-state index is 4.05. The van der Waals surface area contributed by atoms with E-state index in [9.17, 15) is 0 Å². The minimum Gasteiger partial charge on any atom is -0.0999 e. The van der Waals surface area contributed by atoms with E-state index in [1.165, 1.54) is 44.1 Å². The molecule has 0 unspecified atom stereocenters. The topological polar surface area (TPSA) is 0 Å². The Hall–Kier alpha value is -0.520. The largest absolute Gasteiger partial charge is 0.0999 e. The van der Waals surface area contributed by atoms with Gasteiger partial charge >= 0.3 is 0 Å². The zero-order valence-corrected chi connectivity index (χ0v) is 8.28. The fourth-order valence-electron chi connectivity index (χ4n) is 1.23. The Bertz CT molecular complexity index is 103. The molecule has 0 aromatic carbocycles. The van der Waals surface area contributed by atoms with Crippen molar-refractivity contribution in [1.29, 1.82) is 0 Å². The van der Waals surface area contributed by atoms with Crippen LogP contribution in [0, 0.1) is 13.8 Å². The quantitative estimate of drug-likeness (QED) is 0.286. The predicted octanol–water partition coefficient (Wildman–Crippen LogP) is 4.33. The van der Waals surface area contributed by atoms with Crippen molar-refractivity contribution >= 4 is 0 Å². The van der Waals surface area contributed by atoms with E-state index < -0.39 is 0 Å². The lowest BCUT2D eigenvalue weighted by atomic mass is 10.0. The highest BCUT2D eigenvalue weighted by Gasteiger charge is 1.95. The Morgan fingerprint density at radius 2 is 1.42 bits per heavy atom. The van der Waals surface area contributed by atoms with Crippen LogP contribution in [0.4, 0.5) is 0 Å². The van der Waals surface area contributed by atoms with E-state index in [0.29, 0.717) is 0 Å². The van der Waals surface area contributed by atoms with Crippen molar-refractivity contribution in [3.8, 4) is 0 Å². The average molecular weight is 166 g/mol. The fraction of sp³-hybridized carbons (Fsp3) is 0.667. The molecule has 0 heterocycles. The van der Waals surface area contributed by atoms with Gasteiger partial charge in [-0.05, 0) is 38.5 Å². The van der Waals surface area contributed by atoms with Crippen molar-refractivity contribution in [2.24, 2.45) is 0 Å². The van der Waals surface area contributed by atoms with E-state index in [2.05, 4.69) is 20.4 Å². The van der Waals surface area contributed by atoms with Crippen LogP contribution in [0.1, 0.15) is 51.4 Å². The first-order valence-electron chi connectivity index (χ1n) is 5.06. The standard InChI is InChI=1S/C12H22/c1-4-6-8-9-11-12(3)10-7-5-2/h1-11H2/q+2. The molecule has 0 aromatic heterocycles. The summed E-state index contributed by atoms with van der Waals surface area (Å²) in [5, 5.41) is 0. The third-order valence-electron chi connectivity index (χ3n) is 2.06. The second-order valence-electron chi connectivity index (χ2n) is 3.37. The van der Waals surface area contributed by atoms with Gasteiger partial charge in [-0.1, -0.05) is 12.2 Å². The lowest BCUT2D eigenvalue weighted by Gasteiger charge is -2.01. The van der Waals surface area contributed by atoms with Crippen LogP contribution in [0.25, 0.3) is 0 Å². The highest BCUT2D eigenvalue weighted by molar-refractivity contribution is 4.93. The van der Waals surface area contributed by atoms with Crippen LogP contribution in [0.15, 0.2) is 12.2 Å². The molecule has 0 atom stereocenters. The van der Waals surface area contributed by atoms with Crippen LogP contribution >= 0.6 is 0 Å². The summed E-state index contributed by atoms with van der Waals surface area (Å²) in [6, 6.07) is 0. The first kappa shape index (κ1) is 11.5. The molecule has 68 valence electrons. The van der Waals surface area contributed by atoms with Crippen molar-refractivity contribution < 1.29 is 0 Å². The second-order valence-corrected chi connectivity index (χ2v) is 3.37. The third-order valence-corrected chi connectivity index (χ3v) is 2.06. The fourth-order valence-corrected chi connectivity index (χ4v) is 1.23. The predicted molar refractivity (Wildman–Crippen MR) is 56.8 cm³/mol. The SMILES string of the molecule is C=C(CCC[CH2+])CCCCC[CH2+]. The Morgan fingerprint density at radius 3 is 2.00 bits per heavy atom. The summed E-state index contributed by atoms with van der Waals surface area (Å²) >= 11 is 0. The monoisotopic (exact) mass is 166 g/mol. The van der Waals surface area contributed by atoms with Crippen LogP contribution < -0.4 is 0 Å². The van der Waals surface area contributed by atoms with Crippen molar-refractivity contribution in [2.45, 2.75) is 51.4 Å². The van der Waals surface area contributed by atoms with Gasteiger partial charge in [-0.3, -0.25) is 0 Å². The molecule has 0 aliphatic heterocycles. The van der Waals surface area contributed by atoms with Crippen LogP contribution in [0.5, 0.6) is 0 Å². The maximum Gasteiger partial charge on any atom is 0.0853 e. The molecule has 0 N–H and O–H groups in total. The van der Waals surface area contributed by atoms with E-state index in [1.54, 1.807) is 0 Å². The van der Waals surface area contributed by atoms with Gasteiger partial charge in [-0.25, -0.2) is 0 Å². The van der Waals surface area contributed by atoms with Crippen molar-refractivity contribution in [2.75, 3.05) is 0 Å². The number of rotatable bonds is 8. The molecule has 0 rings (SSSR count). The summed E-state index contributed by atoms with van der Waals surface area (Å²) in [5.74, 6) is 0. The highest BCUT2D eigenvalue weighted by atomic mass is 14.0. The van der Waals surface area contributed by atoms with Crippen molar-refractivity contribution in [3.63, 3.8) is 0 Å². The second kappa shape index (κ2) is 8.58. The molecule has 0 fully saturated rings. The zero-order valence-electron chi connectivity index (χ0n) is 8.28. The van der Waals surface area contributed by atoms with Crippen LogP contribution in [0.3, 0.4) is 0 Å². The van der Waals surface area contributed by atoms with Gasteiger partial charge in [0.15, 0.2) is 0 Å². The summed E-state index contributed by atoms with van der Waals surface area (Å²) in [5.41, 5.74) is 1.41. The van der Waals surface area contributed by atoms with E-state index in [1.807, 2.05) is 0 Å². The Morgan fingerprint density at radius 1 is 0.833 bits per heavy atom. The molecule has 0 nitrogen and oxygen atoms in total. The minimum absolute atomic E-state index is 1.04. The van der Waals surface area contributed by atoms with Gasteiger partial charge in [0.2, 0.25) is 0 Å². The molecule has 0 aliphatic rings. The maximum absolute atomic E-state index is 4.05. The molecule has 12 heavy (non-hydrogen) atoms. The molecule has 0 saturated carbocycles. The first-order chi connectivity index (χ1) is 5.81. The number of allylic oxidation sites excluding steroid dienone is 1. The smallest absolute Gasteiger partial charge is 0.0853 e. The van der Waals surface area contributed by atoms with Gasteiger partial charge in [-0.2, -0.15) is 0 Å². The van der Waals surface area contributed by atoms with Gasteiger partial charge in [0.25, 0.3) is 0 Å². The summed E-state index contributed by atoms with van der Waals surface area (Å²) < 4.78 is 0. The lowest BCUT2D eigenvalue weighted by molar-refractivity contribution is 0.664. The van der Waals surface area contributed by atoms with E-state index in [-0.39, 0.29) is 0 Å². The average Bonchev–Trinajstić information content (AvgIpc) is 2.09. The summed E-state index contributed by atoms with van der Waals surface area (Å²) in [6.45, 7) is 11.7. The van der Waals surface area contributed by atoms with Crippen LogP contribution in [0.2, 0.25) is 0 Å². The van der Waals surface area contributed by atoms with Gasteiger partial charge in [0.1, 0.15) is 0 Å². The summed E-state index contributed by atoms with van der Waals surface area (Å²) in [7, 11) is 0. The number of unbranched alkanes of at least 4 members (excludes halogenated alkanes) is 4. The molecular weight excluding hydrogens is 144 g/mol. The molecule has 0 spiro atoms. The molecule has 0 aliphatic carbocycles. The van der Waals surface area contributed by atoms with Gasteiger partial charge < -0.3 is 0 Å².